The topological polar surface area (TPSA) is 106 Å². The van der Waals surface area contributed by atoms with Gasteiger partial charge < -0.3 is 15.2 Å². The molecule has 2 rings (SSSR count). The second-order valence-corrected chi connectivity index (χ2v) is 5.48. The Morgan fingerprint density at radius 1 is 1.33 bits per heavy atom. The van der Waals surface area contributed by atoms with Crippen LogP contribution in [0.3, 0.4) is 0 Å². The number of carbonyl (C=O) groups is 2. The van der Waals surface area contributed by atoms with E-state index in [0.29, 0.717) is 21.6 Å². The van der Waals surface area contributed by atoms with E-state index in [2.05, 4.69) is 15.4 Å². The van der Waals surface area contributed by atoms with Gasteiger partial charge in [0, 0.05) is 6.54 Å². The fourth-order valence-corrected chi connectivity index (χ4v) is 2.42. The van der Waals surface area contributed by atoms with Gasteiger partial charge in [-0.25, -0.2) is 14.5 Å². The minimum Gasteiger partial charge on any atom is -0.480 e. The molecule has 10 heteroatoms. The number of carboxylic acid groups (broad SMARTS) is 1. The Kier molecular flexibility index (Phi) is 6.13. The zero-order valence-electron chi connectivity index (χ0n) is 12.6. The van der Waals surface area contributed by atoms with Crippen LogP contribution in [0.25, 0.3) is 5.69 Å². The second-order valence-electron chi connectivity index (χ2n) is 4.67. The number of nitrogens with zero attached hydrogens (tertiary/aromatic N) is 3. The molecule has 0 saturated carbocycles. The summed E-state index contributed by atoms with van der Waals surface area (Å²) in [4.78, 5) is 26.4. The van der Waals surface area contributed by atoms with Gasteiger partial charge in [0.05, 0.1) is 16.7 Å². The lowest BCUT2D eigenvalue weighted by molar-refractivity contribution is -0.142. The van der Waals surface area contributed by atoms with Gasteiger partial charge in [-0.15, -0.1) is 5.10 Å². The lowest BCUT2D eigenvalue weighted by Crippen LogP contribution is -2.29. The number of benzene rings is 1. The standard InChI is InChI=1S/C14H14Cl2N4O4/c1-8-18-13(14(23)17-5-6-24-7-11(21)22)19-20(8)12-9(15)3-2-4-10(12)16/h2-4H,5-7H2,1H3,(H,17,23)(H,21,22). The van der Waals surface area contributed by atoms with Crippen molar-refractivity contribution in [3.63, 3.8) is 0 Å². The highest BCUT2D eigenvalue weighted by atomic mass is 35.5. The normalized spacial score (nSPS) is 10.6. The summed E-state index contributed by atoms with van der Waals surface area (Å²) in [5.41, 5.74) is 0.440. The third-order valence-electron chi connectivity index (χ3n) is 2.88. The van der Waals surface area contributed by atoms with Crippen LogP contribution in [-0.2, 0) is 9.53 Å². The number of aromatic nitrogens is 3. The van der Waals surface area contributed by atoms with Crippen LogP contribution in [0.5, 0.6) is 0 Å². The highest BCUT2D eigenvalue weighted by Gasteiger charge is 2.18. The molecule has 1 aromatic heterocycles. The Hall–Kier alpha value is -2.16. The number of hydrogen-bond donors (Lipinski definition) is 2. The van der Waals surface area contributed by atoms with Gasteiger partial charge in [0.25, 0.3) is 5.91 Å². The zero-order chi connectivity index (χ0) is 17.7. The van der Waals surface area contributed by atoms with Gasteiger partial charge in [-0.2, -0.15) is 0 Å². The van der Waals surface area contributed by atoms with E-state index in [-0.39, 0.29) is 19.0 Å². The molecule has 1 amide bonds. The van der Waals surface area contributed by atoms with Gasteiger partial charge in [-0.05, 0) is 19.1 Å². The molecule has 8 nitrogen and oxygen atoms in total. The average molecular weight is 373 g/mol. The third-order valence-corrected chi connectivity index (χ3v) is 3.49. The van der Waals surface area contributed by atoms with Crippen LogP contribution in [0.2, 0.25) is 10.0 Å². The monoisotopic (exact) mass is 372 g/mol. The van der Waals surface area contributed by atoms with Crippen LogP contribution in [0.4, 0.5) is 0 Å². The van der Waals surface area contributed by atoms with Gasteiger partial charge >= 0.3 is 5.97 Å². The average Bonchev–Trinajstić information content (AvgIpc) is 2.88. The Morgan fingerprint density at radius 3 is 2.62 bits per heavy atom. The maximum absolute atomic E-state index is 12.0. The van der Waals surface area contributed by atoms with E-state index in [0.717, 1.165) is 0 Å². The molecule has 0 spiro atoms. The number of halogens is 2. The van der Waals surface area contributed by atoms with Crippen molar-refractivity contribution in [2.45, 2.75) is 6.92 Å². The molecule has 0 atom stereocenters. The molecular formula is C14H14Cl2N4O4. The fraction of sp³-hybridized carbons (Fsp3) is 0.286. The van der Waals surface area contributed by atoms with Crippen LogP contribution in [0.15, 0.2) is 18.2 Å². The molecule has 0 radical (unpaired) electrons. The van der Waals surface area contributed by atoms with E-state index in [1.165, 1.54) is 4.68 Å². The first-order valence-corrected chi connectivity index (χ1v) is 7.61. The van der Waals surface area contributed by atoms with Crippen molar-refractivity contribution in [1.82, 2.24) is 20.1 Å². The summed E-state index contributed by atoms with van der Waals surface area (Å²) in [6.45, 7) is 1.44. The van der Waals surface area contributed by atoms with E-state index in [4.69, 9.17) is 33.0 Å². The molecule has 0 saturated heterocycles. The highest BCUT2D eigenvalue weighted by molar-refractivity contribution is 6.37. The number of carboxylic acids is 1. The van der Waals surface area contributed by atoms with Crippen molar-refractivity contribution in [3.8, 4) is 5.69 Å². The van der Waals surface area contributed by atoms with E-state index < -0.39 is 18.5 Å². The molecule has 0 bridgehead atoms. The number of amides is 1. The van der Waals surface area contributed by atoms with Crippen LogP contribution < -0.4 is 5.32 Å². The first-order valence-electron chi connectivity index (χ1n) is 6.86. The van der Waals surface area contributed by atoms with Crippen molar-refractivity contribution in [2.75, 3.05) is 19.8 Å². The van der Waals surface area contributed by atoms with Crippen molar-refractivity contribution in [2.24, 2.45) is 0 Å². The number of nitrogens with one attached hydrogen (secondary N) is 1. The van der Waals surface area contributed by atoms with Crippen LogP contribution in [0.1, 0.15) is 16.4 Å². The summed E-state index contributed by atoms with van der Waals surface area (Å²) in [5, 5.41) is 15.8. The predicted molar refractivity (Wildman–Crippen MR) is 86.9 cm³/mol. The van der Waals surface area contributed by atoms with E-state index >= 15 is 0 Å². The predicted octanol–water partition coefficient (Wildman–Crippen LogP) is 1.71. The Morgan fingerprint density at radius 2 is 2.00 bits per heavy atom. The largest absolute Gasteiger partial charge is 0.480 e. The Labute approximate surface area is 147 Å². The van der Waals surface area contributed by atoms with Crippen molar-refractivity contribution in [1.29, 1.82) is 0 Å². The number of rotatable bonds is 7. The first kappa shape index (κ1) is 18.2. The molecule has 128 valence electrons. The highest BCUT2D eigenvalue weighted by Crippen LogP contribution is 2.28. The number of aryl methyl sites for hydroxylation is 1. The van der Waals surface area contributed by atoms with Gasteiger partial charge in [0.2, 0.25) is 5.82 Å². The van der Waals surface area contributed by atoms with Crippen molar-refractivity contribution in [3.05, 3.63) is 39.9 Å². The summed E-state index contributed by atoms with van der Waals surface area (Å²) in [6, 6.07) is 5.01. The summed E-state index contributed by atoms with van der Waals surface area (Å²) < 4.78 is 6.21. The quantitative estimate of drug-likeness (QED) is 0.716. The van der Waals surface area contributed by atoms with E-state index in [1.54, 1.807) is 25.1 Å². The Bertz CT molecular complexity index is 743. The zero-order valence-corrected chi connectivity index (χ0v) is 14.1. The minimum atomic E-state index is -1.08. The van der Waals surface area contributed by atoms with Gasteiger partial charge in [-0.1, -0.05) is 29.3 Å². The maximum Gasteiger partial charge on any atom is 0.329 e. The first-order chi connectivity index (χ1) is 11.4. The molecule has 0 aliphatic carbocycles. The summed E-state index contributed by atoms with van der Waals surface area (Å²) >= 11 is 12.3. The number of aliphatic carboxylic acids is 1. The molecule has 1 heterocycles. The molecule has 0 fully saturated rings. The van der Waals surface area contributed by atoms with E-state index in [1.807, 2.05) is 0 Å². The SMILES string of the molecule is Cc1nc(C(=O)NCCOCC(=O)O)nn1-c1c(Cl)cccc1Cl. The Balaban J connectivity index is 2.06. The number of hydrogen-bond acceptors (Lipinski definition) is 5. The molecule has 1 aromatic carbocycles. The number of carbonyl (C=O) groups excluding carboxylic acids is 1. The number of ether oxygens (including phenoxy) is 1. The second kappa shape index (κ2) is 8.09. The molecule has 2 aromatic rings. The van der Waals surface area contributed by atoms with Gasteiger partial charge in [0.15, 0.2) is 0 Å². The van der Waals surface area contributed by atoms with Gasteiger partial charge in [-0.3, -0.25) is 4.79 Å². The molecule has 0 aliphatic rings. The minimum absolute atomic E-state index is 0.0540. The summed E-state index contributed by atoms with van der Waals surface area (Å²) in [6.07, 6.45) is 0. The lowest BCUT2D eigenvalue weighted by Gasteiger charge is -2.07. The van der Waals surface area contributed by atoms with Crippen LogP contribution in [0, 0.1) is 6.92 Å². The number of para-hydroxylation sites is 1. The third kappa shape index (κ3) is 4.44. The van der Waals surface area contributed by atoms with Crippen molar-refractivity contribution < 1.29 is 19.4 Å². The van der Waals surface area contributed by atoms with Crippen LogP contribution in [-0.4, -0.2) is 51.5 Å². The summed E-state index contributed by atoms with van der Waals surface area (Å²) in [5.74, 6) is -1.20. The fourth-order valence-electron chi connectivity index (χ4n) is 1.86. The van der Waals surface area contributed by atoms with Crippen LogP contribution >= 0.6 is 23.2 Å². The molecular weight excluding hydrogens is 359 g/mol. The van der Waals surface area contributed by atoms with E-state index in [9.17, 15) is 9.59 Å². The summed E-state index contributed by atoms with van der Waals surface area (Å²) in [7, 11) is 0. The molecule has 0 aliphatic heterocycles. The van der Waals surface area contributed by atoms with Gasteiger partial charge in [0.1, 0.15) is 18.1 Å². The molecule has 24 heavy (non-hydrogen) atoms. The maximum atomic E-state index is 12.0. The smallest absolute Gasteiger partial charge is 0.329 e. The lowest BCUT2D eigenvalue weighted by atomic mass is 10.3. The molecule has 0 unspecified atom stereocenters. The van der Waals surface area contributed by atoms with Crippen molar-refractivity contribution >= 4 is 35.1 Å². The molecule has 2 N–H and O–H groups in total.